The molecule has 0 aromatic heterocycles. The summed E-state index contributed by atoms with van der Waals surface area (Å²) in [4.78, 5) is 0. The third-order valence-electron chi connectivity index (χ3n) is 4.90. The predicted octanol–water partition coefficient (Wildman–Crippen LogP) is 8.37. The fourth-order valence-electron chi connectivity index (χ4n) is 3.48. The Morgan fingerprint density at radius 2 is 0.619 bits per heavy atom. The van der Waals surface area contributed by atoms with Crippen molar-refractivity contribution in [3.05, 3.63) is 56.6 Å². The number of anilines is 2. The fraction of sp³-hybridized carbons (Fsp3) is 0.273. The predicted molar refractivity (Wildman–Crippen MR) is 105 cm³/mol. The highest BCUT2D eigenvalue weighted by Gasteiger charge is 2.51. The minimum absolute atomic E-state index is 0.616. The first-order valence-corrected chi connectivity index (χ1v) is 9.88. The summed E-state index contributed by atoms with van der Waals surface area (Å²) in [6, 6.07) is -1.23. The maximum Gasteiger partial charge on any atom is 0.419 e. The van der Waals surface area contributed by atoms with Crippen LogP contribution < -0.4 is 11.5 Å². The highest BCUT2D eigenvalue weighted by atomic mass is 19.4. The van der Waals surface area contributed by atoms with Gasteiger partial charge in [-0.15, -0.1) is 0 Å². The zero-order valence-corrected chi connectivity index (χ0v) is 19.1. The van der Waals surface area contributed by atoms with Crippen LogP contribution in [0.1, 0.15) is 44.5 Å². The van der Waals surface area contributed by atoms with E-state index in [1.54, 1.807) is 0 Å². The van der Waals surface area contributed by atoms with Gasteiger partial charge in [-0.1, -0.05) is 11.8 Å². The van der Waals surface area contributed by atoms with Crippen LogP contribution in [0.4, 0.5) is 90.4 Å². The van der Waals surface area contributed by atoms with E-state index in [2.05, 4.69) is 0 Å². The molecule has 2 nitrogen and oxygen atoms in total. The van der Waals surface area contributed by atoms with Gasteiger partial charge in [-0.25, -0.2) is 0 Å². The van der Waals surface area contributed by atoms with Crippen LogP contribution in [0.3, 0.4) is 0 Å². The Morgan fingerprint density at radius 3 is 0.810 bits per heavy atom. The van der Waals surface area contributed by atoms with Crippen molar-refractivity contribution < 1.29 is 79.0 Å². The molecular formula is C22H6F18N2. The average molecular weight is 640 g/mol. The second kappa shape index (κ2) is 10.3. The molecule has 20 heteroatoms. The standard InChI is InChI=1S/C22H6F18N2/c23-17(24,25)9-5-11(41)15(21(35,36)37)13(19(29,30)31)7(9)3-1-2-4-8-10(18(26,27)28)6-12(42)16(22(38,39)40)14(8)20(32,33)34/h5-6H,41-42H2. The molecule has 0 aliphatic rings. The zero-order valence-electron chi connectivity index (χ0n) is 19.1. The van der Waals surface area contributed by atoms with Gasteiger partial charge in [0.1, 0.15) is 0 Å². The van der Waals surface area contributed by atoms with Crippen LogP contribution in [0.15, 0.2) is 12.1 Å². The maximum atomic E-state index is 13.5. The van der Waals surface area contributed by atoms with Gasteiger partial charge in [-0.3, -0.25) is 0 Å². The molecule has 0 saturated heterocycles. The number of alkyl halides is 18. The summed E-state index contributed by atoms with van der Waals surface area (Å²) in [5.74, 6) is 3.57. The normalized spacial score (nSPS) is 13.3. The molecular weight excluding hydrogens is 634 g/mol. The Morgan fingerprint density at radius 1 is 0.381 bits per heavy atom. The lowest BCUT2D eigenvalue weighted by Crippen LogP contribution is -2.24. The van der Waals surface area contributed by atoms with E-state index in [1.807, 2.05) is 0 Å². The van der Waals surface area contributed by atoms with Gasteiger partial charge in [0.05, 0.1) is 44.5 Å². The molecule has 0 atom stereocenters. The van der Waals surface area contributed by atoms with E-state index in [0.29, 0.717) is 0 Å². The lowest BCUT2D eigenvalue weighted by atomic mass is 9.92. The van der Waals surface area contributed by atoms with Crippen LogP contribution >= 0.6 is 0 Å². The molecule has 0 amide bonds. The van der Waals surface area contributed by atoms with Crippen molar-refractivity contribution >= 4 is 11.4 Å². The first kappa shape index (κ1) is 34.1. The Bertz CT molecular complexity index is 1390. The summed E-state index contributed by atoms with van der Waals surface area (Å²) in [5.41, 5.74) is -16.8. The largest absolute Gasteiger partial charge is 0.419 e. The third kappa shape index (κ3) is 7.02. The van der Waals surface area contributed by atoms with Crippen molar-refractivity contribution in [3.8, 4) is 23.7 Å². The van der Waals surface area contributed by atoms with Gasteiger partial charge >= 0.3 is 37.1 Å². The maximum absolute atomic E-state index is 13.5. The van der Waals surface area contributed by atoms with E-state index in [9.17, 15) is 79.0 Å². The number of hydrogen-bond donors (Lipinski definition) is 2. The molecule has 2 aromatic rings. The number of rotatable bonds is 0. The molecule has 0 unspecified atom stereocenters. The summed E-state index contributed by atoms with van der Waals surface area (Å²) in [7, 11) is 0. The van der Waals surface area contributed by atoms with Crippen molar-refractivity contribution in [2.24, 2.45) is 0 Å². The first-order valence-electron chi connectivity index (χ1n) is 9.88. The smallest absolute Gasteiger partial charge is 0.398 e. The van der Waals surface area contributed by atoms with E-state index < -0.39 is 105 Å². The zero-order chi connectivity index (χ0) is 33.0. The summed E-state index contributed by atoms with van der Waals surface area (Å²) in [5, 5.41) is 0. The quantitative estimate of drug-likeness (QED) is 0.173. The molecule has 0 bridgehead atoms. The molecule has 0 heterocycles. The van der Waals surface area contributed by atoms with Crippen molar-refractivity contribution in [1.82, 2.24) is 0 Å². The Labute approximate surface area is 220 Å². The minimum atomic E-state index is -6.29. The van der Waals surface area contributed by atoms with E-state index >= 15 is 0 Å². The SMILES string of the molecule is Nc1cc(C(F)(F)F)c(C#CC#Cc2c(C(F)(F)F)cc(N)c(C(F)(F)F)c2C(F)(F)F)c(C(F)(F)F)c1C(F)(F)F. The second-order valence-corrected chi connectivity index (χ2v) is 7.76. The molecule has 0 fully saturated rings. The molecule has 42 heavy (non-hydrogen) atoms. The first-order chi connectivity index (χ1) is 18.5. The molecule has 2 aromatic carbocycles. The molecule has 2 rings (SSSR count). The van der Waals surface area contributed by atoms with Gasteiger partial charge in [0.2, 0.25) is 0 Å². The number of benzene rings is 2. The van der Waals surface area contributed by atoms with E-state index in [0.717, 1.165) is 23.7 Å². The van der Waals surface area contributed by atoms with Crippen molar-refractivity contribution in [1.29, 1.82) is 0 Å². The number of hydrogen-bond acceptors (Lipinski definition) is 2. The summed E-state index contributed by atoms with van der Waals surface area (Å²) in [6.07, 6.45) is -36.5. The lowest BCUT2D eigenvalue weighted by Gasteiger charge is -2.22. The van der Waals surface area contributed by atoms with Gasteiger partial charge in [0, 0.05) is 11.4 Å². The molecule has 0 saturated carbocycles. The van der Waals surface area contributed by atoms with Crippen molar-refractivity contribution in [2.45, 2.75) is 37.1 Å². The van der Waals surface area contributed by atoms with E-state index in [1.165, 1.54) is 0 Å². The van der Waals surface area contributed by atoms with Crippen molar-refractivity contribution in [3.63, 3.8) is 0 Å². The second-order valence-electron chi connectivity index (χ2n) is 7.76. The Hall–Kier alpha value is -4.10. The van der Waals surface area contributed by atoms with Crippen LogP contribution in [0.2, 0.25) is 0 Å². The monoisotopic (exact) mass is 640 g/mol. The number of nitrogens with two attached hydrogens (primary N) is 2. The molecule has 0 radical (unpaired) electrons. The topological polar surface area (TPSA) is 52.0 Å². The highest BCUT2D eigenvalue weighted by Crippen LogP contribution is 2.50. The van der Waals surface area contributed by atoms with Gasteiger partial charge in [0.15, 0.2) is 0 Å². The molecule has 4 N–H and O–H groups in total. The van der Waals surface area contributed by atoms with Crippen LogP contribution in [0.5, 0.6) is 0 Å². The number of halogens is 18. The Kier molecular flexibility index (Phi) is 8.38. The number of nitrogen functional groups attached to an aromatic ring is 2. The Balaban J connectivity index is 3.10. The van der Waals surface area contributed by atoms with Crippen LogP contribution in [-0.4, -0.2) is 0 Å². The highest BCUT2D eigenvalue weighted by molar-refractivity contribution is 5.67. The summed E-state index contributed by atoms with van der Waals surface area (Å²) < 4.78 is 241. The van der Waals surface area contributed by atoms with E-state index in [4.69, 9.17) is 11.5 Å². The van der Waals surface area contributed by atoms with Crippen LogP contribution in [-0.2, 0) is 37.1 Å². The van der Waals surface area contributed by atoms with Gasteiger partial charge < -0.3 is 11.5 Å². The minimum Gasteiger partial charge on any atom is -0.398 e. The van der Waals surface area contributed by atoms with Crippen molar-refractivity contribution in [2.75, 3.05) is 11.5 Å². The summed E-state index contributed by atoms with van der Waals surface area (Å²) in [6.45, 7) is 0. The molecule has 0 aliphatic heterocycles. The molecule has 230 valence electrons. The molecule has 0 aliphatic carbocycles. The van der Waals surface area contributed by atoms with Gasteiger partial charge in [-0.05, 0) is 24.0 Å². The summed E-state index contributed by atoms with van der Waals surface area (Å²) >= 11 is 0. The fourth-order valence-corrected chi connectivity index (χ4v) is 3.48. The van der Waals surface area contributed by atoms with Crippen LogP contribution in [0, 0.1) is 23.7 Å². The van der Waals surface area contributed by atoms with E-state index in [-0.39, 0.29) is 0 Å². The van der Waals surface area contributed by atoms with Gasteiger partial charge in [-0.2, -0.15) is 79.0 Å². The molecule has 0 spiro atoms. The average Bonchev–Trinajstić information content (AvgIpc) is 2.72. The lowest BCUT2D eigenvalue weighted by molar-refractivity contribution is -0.163. The third-order valence-corrected chi connectivity index (χ3v) is 4.90. The van der Waals surface area contributed by atoms with Crippen LogP contribution in [0.25, 0.3) is 0 Å². The van der Waals surface area contributed by atoms with Gasteiger partial charge in [0.25, 0.3) is 0 Å².